The topological polar surface area (TPSA) is 76.4 Å². The Kier molecular flexibility index (Phi) is 4.66. The Morgan fingerprint density at radius 1 is 1.19 bits per heavy atom. The SMILES string of the molecule is COc1cccc(NC(=O)NC(C)c2cccc(N)c2)c1. The molecule has 21 heavy (non-hydrogen) atoms. The van der Waals surface area contributed by atoms with Crippen LogP contribution in [-0.4, -0.2) is 13.1 Å². The Morgan fingerprint density at radius 2 is 1.95 bits per heavy atom. The molecule has 0 bridgehead atoms. The fraction of sp³-hybridized carbons (Fsp3) is 0.188. The number of urea groups is 1. The van der Waals surface area contributed by atoms with E-state index in [-0.39, 0.29) is 12.1 Å². The van der Waals surface area contributed by atoms with Crippen molar-refractivity contribution in [2.45, 2.75) is 13.0 Å². The molecule has 0 saturated carbocycles. The van der Waals surface area contributed by atoms with Gasteiger partial charge in [0.05, 0.1) is 13.2 Å². The van der Waals surface area contributed by atoms with Crippen molar-refractivity contribution in [3.8, 4) is 5.75 Å². The van der Waals surface area contributed by atoms with Crippen molar-refractivity contribution in [1.29, 1.82) is 0 Å². The normalized spacial score (nSPS) is 11.5. The van der Waals surface area contributed by atoms with E-state index in [1.807, 2.05) is 43.3 Å². The third-order valence-corrected chi connectivity index (χ3v) is 3.09. The van der Waals surface area contributed by atoms with E-state index in [9.17, 15) is 4.79 Å². The van der Waals surface area contributed by atoms with E-state index < -0.39 is 0 Å². The number of methoxy groups -OCH3 is 1. The molecule has 1 unspecified atom stereocenters. The monoisotopic (exact) mass is 285 g/mol. The predicted octanol–water partition coefficient (Wildman–Crippen LogP) is 3.16. The van der Waals surface area contributed by atoms with E-state index in [1.54, 1.807) is 19.2 Å². The van der Waals surface area contributed by atoms with Crippen LogP contribution in [0.4, 0.5) is 16.2 Å². The van der Waals surface area contributed by atoms with Crippen molar-refractivity contribution in [2.75, 3.05) is 18.2 Å². The van der Waals surface area contributed by atoms with Crippen LogP contribution in [0.15, 0.2) is 48.5 Å². The molecule has 2 amide bonds. The minimum atomic E-state index is -0.279. The highest BCUT2D eigenvalue weighted by Gasteiger charge is 2.10. The number of amides is 2. The van der Waals surface area contributed by atoms with Crippen LogP contribution in [0.5, 0.6) is 5.75 Å². The van der Waals surface area contributed by atoms with Crippen molar-refractivity contribution in [3.63, 3.8) is 0 Å². The van der Waals surface area contributed by atoms with Gasteiger partial charge in [0.25, 0.3) is 0 Å². The fourth-order valence-corrected chi connectivity index (χ4v) is 1.98. The van der Waals surface area contributed by atoms with Crippen LogP contribution in [0.1, 0.15) is 18.5 Å². The van der Waals surface area contributed by atoms with Crippen LogP contribution in [0.3, 0.4) is 0 Å². The maximum absolute atomic E-state index is 12.0. The zero-order chi connectivity index (χ0) is 15.2. The summed E-state index contributed by atoms with van der Waals surface area (Å²) in [5.41, 5.74) is 8.04. The molecule has 2 aromatic rings. The molecule has 5 nitrogen and oxygen atoms in total. The minimum Gasteiger partial charge on any atom is -0.497 e. The van der Waals surface area contributed by atoms with Crippen molar-refractivity contribution >= 4 is 17.4 Å². The lowest BCUT2D eigenvalue weighted by molar-refractivity contribution is 0.249. The Hall–Kier alpha value is -2.69. The third kappa shape index (κ3) is 4.14. The van der Waals surface area contributed by atoms with Gasteiger partial charge in [0, 0.05) is 17.4 Å². The highest BCUT2D eigenvalue weighted by Crippen LogP contribution is 2.18. The number of nitrogens with one attached hydrogen (secondary N) is 2. The molecule has 0 aromatic heterocycles. The van der Waals surface area contributed by atoms with Crippen LogP contribution in [0, 0.1) is 0 Å². The number of hydrogen-bond acceptors (Lipinski definition) is 3. The number of carbonyl (C=O) groups excluding carboxylic acids is 1. The van der Waals surface area contributed by atoms with Crippen molar-refractivity contribution in [2.24, 2.45) is 0 Å². The zero-order valence-electron chi connectivity index (χ0n) is 12.1. The highest BCUT2D eigenvalue weighted by molar-refractivity contribution is 5.89. The van der Waals surface area contributed by atoms with Crippen molar-refractivity contribution < 1.29 is 9.53 Å². The molecule has 0 aliphatic rings. The molecule has 2 rings (SSSR count). The number of benzene rings is 2. The van der Waals surface area contributed by atoms with Gasteiger partial charge in [-0.2, -0.15) is 0 Å². The standard InChI is InChI=1S/C16H19N3O2/c1-11(12-5-3-6-13(17)9-12)18-16(20)19-14-7-4-8-15(10-14)21-2/h3-11H,17H2,1-2H3,(H2,18,19,20). The molecule has 0 aliphatic carbocycles. The summed E-state index contributed by atoms with van der Waals surface area (Å²) in [6.07, 6.45) is 0. The number of ether oxygens (including phenoxy) is 1. The second-order valence-corrected chi connectivity index (χ2v) is 4.72. The molecule has 4 N–H and O–H groups in total. The molecule has 1 atom stereocenters. The van der Waals surface area contributed by atoms with Crippen LogP contribution in [0.2, 0.25) is 0 Å². The second kappa shape index (κ2) is 6.65. The van der Waals surface area contributed by atoms with Gasteiger partial charge in [-0.05, 0) is 36.8 Å². The molecule has 0 fully saturated rings. The molecular formula is C16H19N3O2. The number of nitrogens with two attached hydrogens (primary N) is 1. The Balaban J connectivity index is 1.97. The average Bonchev–Trinajstić information content (AvgIpc) is 2.47. The van der Waals surface area contributed by atoms with Gasteiger partial charge in [-0.3, -0.25) is 0 Å². The van der Waals surface area contributed by atoms with E-state index in [2.05, 4.69) is 10.6 Å². The first-order valence-corrected chi connectivity index (χ1v) is 6.65. The lowest BCUT2D eigenvalue weighted by Gasteiger charge is -2.15. The Bertz CT molecular complexity index is 628. The van der Waals surface area contributed by atoms with Gasteiger partial charge < -0.3 is 21.1 Å². The van der Waals surface area contributed by atoms with Gasteiger partial charge in [0.15, 0.2) is 0 Å². The van der Waals surface area contributed by atoms with Gasteiger partial charge >= 0.3 is 6.03 Å². The summed E-state index contributed by atoms with van der Waals surface area (Å²) in [6, 6.07) is 14.2. The quantitative estimate of drug-likeness (QED) is 0.755. The number of hydrogen-bond donors (Lipinski definition) is 3. The van der Waals surface area contributed by atoms with E-state index in [0.717, 1.165) is 5.56 Å². The maximum atomic E-state index is 12.0. The van der Waals surface area contributed by atoms with E-state index in [1.165, 1.54) is 0 Å². The number of rotatable bonds is 4. The van der Waals surface area contributed by atoms with Gasteiger partial charge in [-0.25, -0.2) is 4.79 Å². The molecule has 110 valence electrons. The van der Waals surface area contributed by atoms with Crippen LogP contribution in [-0.2, 0) is 0 Å². The van der Waals surface area contributed by atoms with Crippen LogP contribution in [0.25, 0.3) is 0 Å². The largest absolute Gasteiger partial charge is 0.497 e. The lowest BCUT2D eigenvalue weighted by atomic mass is 10.1. The van der Waals surface area contributed by atoms with Crippen molar-refractivity contribution in [3.05, 3.63) is 54.1 Å². The van der Waals surface area contributed by atoms with E-state index in [0.29, 0.717) is 17.1 Å². The summed E-state index contributed by atoms with van der Waals surface area (Å²) in [5.74, 6) is 0.691. The molecule has 5 heteroatoms. The van der Waals surface area contributed by atoms with Gasteiger partial charge in [-0.1, -0.05) is 18.2 Å². The first-order valence-electron chi connectivity index (χ1n) is 6.65. The molecule has 0 radical (unpaired) electrons. The smallest absolute Gasteiger partial charge is 0.319 e. The van der Waals surface area contributed by atoms with E-state index in [4.69, 9.17) is 10.5 Å². The summed E-state index contributed by atoms with van der Waals surface area (Å²) in [5, 5.41) is 5.63. The number of carbonyl (C=O) groups is 1. The first-order chi connectivity index (χ1) is 10.1. The maximum Gasteiger partial charge on any atom is 0.319 e. The van der Waals surface area contributed by atoms with Crippen LogP contribution < -0.4 is 21.1 Å². The number of nitrogen functional groups attached to an aromatic ring is 1. The highest BCUT2D eigenvalue weighted by atomic mass is 16.5. The molecule has 2 aromatic carbocycles. The molecule has 0 saturated heterocycles. The minimum absolute atomic E-state index is 0.140. The van der Waals surface area contributed by atoms with Gasteiger partial charge in [-0.15, -0.1) is 0 Å². The Labute approximate surface area is 124 Å². The van der Waals surface area contributed by atoms with Gasteiger partial charge in [0.2, 0.25) is 0 Å². The van der Waals surface area contributed by atoms with E-state index >= 15 is 0 Å². The summed E-state index contributed by atoms with van der Waals surface area (Å²) >= 11 is 0. The number of anilines is 2. The molecule has 0 aliphatic heterocycles. The second-order valence-electron chi connectivity index (χ2n) is 4.72. The average molecular weight is 285 g/mol. The van der Waals surface area contributed by atoms with Gasteiger partial charge in [0.1, 0.15) is 5.75 Å². The third-order valence-electron chi connectivity index (χ3n) is 3.09. The zero-order valence-corrected chi connectivity index (χ0v) is 12.1. The first kappa shape index (κ1) is 14.7. The van der Waals surface area contributed by atoms with Crippen LogP contribution >= 0.6 is 0 Å². The Morgan fingerprint density at radius 3 is 2.67 bits per heavy atom. The lowest BCUT2D eigenvalue weighted by Crippen LogP contribution is -2.31. The predicted molar refractivity (Wildman–Crippen MR) is 84.4 cm³/mol. The molecule has 0 heterocycles. The summed E-state index contributed by atoms with van der Waals surface area (Å²) < 4.78 is 5.11. The summed E-state index contributed by atoms with van der Waals surface area (Å²) in [4.78, 5) is 12.0. The van der Waals surface area contributed by atoms with Crippen molar-refractivity contribution in [1.82, 2.24) is 5.32 Å². The fourth-order valence-electron chi connectivity index (χ4n) is 1.98. The molecular weight excluding hydrogens is 266 g/mol. The summed E-state index contributed by atoms with van der Waals surface area (Å²) in [6.45, 7) is 1.90. The summed E-state index contributed by atoms with van der Waals surface area (Å²) in [7, 11) is 1.58. The molecule has 0 spiro atoms.